The topological polar surface area (TPSA) is 86.8 Å². The molecule has 164 valence electrons. The molecule has 29 heavy (non-hydrogen) atoms. The molecule has 0 spiro atoms. The Kier molecular flexibility index (Phi) is 7.37. The van der Waals surface area contributed by atoms with Crippen molar-refractivity contribution < 1.29 is 16.8 Å². The maximum Gasteiger partial charge on any atom is 0.243 e. The Balaban J connectivity index is 1.65. The first-order valence-electron chi connectivity index (χ1n) is 10.6. The first kappa shape index (κ1) is 22.7. The molecule has 0 aromatic heterocycles. The highest BCUT2D eigenvalue weighted by atomic mass is 32.2. The summed E-state index contributed by atoms with van der Waals surface area (Å²) in [6.07, 6.45) is 6.96. The minimum absolute atomic E-state index is 0.0823. The molecule has 1 atom stereocenters. The smallest absolute Gasteiger partial charge is 0.243 e. The third-order valence-electron chi connectivity index (χ3n) is 6.10. The van der Waals surface area contributed by atoms with E-state index < -0.39 is 20.0 Å². The van der Waals surface area contributed by atoms with Gasteiger partial charge in [-0.05, 0) is 50.5 Å². The van der Waals surface area contributed by atoms with Gasteiger partial charge in [0.25, 0.3) is 0 Å². The Morgan fingerprint density at radius 3 is 2.03 bits per heavy atom. The standard InChI is InChI=1S/C20H33N3O4S2/c1-3-17(2)21-28(24,25)19-9-11-20(12-10-19)29(26,27)23-15-13-22(14-16-23)18-7-5-4-6-8-18/h9-12,17-18,21H,3-8,13-16H2,1-2H3/t17-/m0/s1. The van der Waals surface area contributed by atoms with Crippen LogP contribution >= 0.6 is 0 Å². The molecule has 0 amide bonds. The third kappa shape index (κ3) is 5.38. The first-order chi connectivity index (χ1) is 13.7. The van der Waals surface area contributed by atoms with Crippen molar-refractivity contribution in [2.24, 2.45) is 0 Å². The van der Waals surface area contributed by atoms with Crippen molar-refractivity contribution in [1.29, 1.82) is 0 Å². The van der Waals surface area contributed by atoms with Crippen molar-refractivity contribution in [3.63, 3.8) is 0 Å². The summed E-state index contributed by atoms with van der Waals surface area (Å²) in [6.45, 7) is 6.17. The van der Waals surface area contributed by atoms with Gasteiger partial charge in [0.05, 0.1) is 9.79 Å². The largest absolute Gasteiger partial charge is 0.298 e. The number of hydrogen-bond acceptors (Lipinski definition) is 5. The third-order valence-corrected chi connectivity index (χ3v) is 9.62. The summed E-state index contributed by atoms with van der Waals surface area (Å²) in [5.74, 6) is 0. The average Bonchev–Trinajstić information content (AvgIpc) is 2.74. The van der Waals surface area contributed by atoms with Crippen molar-refractivity contribution in [2.75, 3.05) is 26.2 Å². The number of benzene rings is 1. The first-order valence-corrected chi connectivity index (χ1v) is 13.5. The van der Waals surface area contributed by atoms with Gasteiger partial charge in [-0.2, -0.15) is 4.31 Å². The van der Waals surface area contributed by atoms with E-state index in [1.54, 1.807) is 6.92 Å². The molecule has 1 aliphatic carbocycles. The fourth-order valence-electron chi connectivity index (χ4n) is 4.11. The Morgan fingerprint density at radius 1 is 0.931 bits per heavy atom. The molecular formula is C20H33N3O4S2. The zero-order chi connectivity index (χ0) is 21.1. The summed E-state index contributed by atoms with van der Waals surface area (Å²) in [5.41, 5.74) is 0. The van der Waals surface area contributed by atoms with E-state index in [2.05, 4.69) is 9.62 Å². The van der Waals surface area contributed by atoms with Crippen molar-refractivity contribution in [3.8, 4) is 0 Å². The Bertz CT molecular complexity index is 871. The van der Waals surface area contributed by atoms with Gasteiger partial charge in [0, 0.05) is 38.3 Å². The van der Waals surface area contributed by atoms with Gasteiger partial charge in [-0.15, -0.1) is 0 Å². The molecule has 7 nitrogen and oxygen atoms in total. The van der Waals surface area contributed by atoms with E-state index in [9.17, 15) is 16.8 Å². The monoisotopic (exact) mass is 443 g/mol. The van der Waals surface area contributed by atoms with Gasteiger partial charge in [0.1, 0.15) is 0 Å². The van der Waals surface area contributed by atoms with Crippen LogP contribution in [0.25, 0.3) is 0 Å². The van der Waals surface area contributed by atoms with Gasteiger partial charge in [0.2, 0.25) is 20.0 Å². The molecular weight excluding hydrogens is 410 g/mol. The normalized spacial score (nSPS) is 21.9. The van der Waals surface area contributed by atoms with Gasteiger partial charge in [0.15, 0.2) is 0 Å². The van der Waals surface area contributed by atoms with E-state index >= 15 is 0 Å². The fraction of sp³-hybridized carbons (Fsp3) is 0.700. The quantitative estimate of drug-likeness (QED) is 0.699. The SMILES string of the molecule is CC[C@H](C)NS(=O)(=O)c1ccc(S(=O)(=O)N2CCN(C3CCCCC3)CC2)cc1. The van der Waals surface area contributed by atoms with E-state index in [1.807, 2.05) is 6.92 Å². The minimum atomic E-state index is -3.64. The number of rotatable bonds is 7. The van der Waals surface area contributed by atoms with Gasteiger partial charge in [-0.3, -0.25) is 4.90 Å². The predicted molar refractivity (Wildman–Crippen MR) is 114 cm³/mol. The van der Waals surface area contributed by atoms with Crippen molar-refractivity contribution in [2.45, 2.75) is 74.2 Å². The molecule has 2 aliphatic rings. The highest BCUT2D eigenvalue weighted by Gasteiger charge is 2.31. The van der Waals surface area contributed by atoms with Crippen LogP contribution in [0.4, 0.5) is 0 Å². The molecule has 0 bridgehead atoms. The van der Waals surface area contributed by atoms with Gasteiger partial charge in [-0.1, -0.05) is 26.2 Å². The Hall–Kier alpha value is -1.00. The van der Waals surface area contributed by atoms with Crippen molar-refractivity contribution in [1.82, 2.24) is 13.9 Å². The average molecular weight is 444 g/mol. The van der Waals surface area contributed by atoms with Crippen LogP contribution in [0.3, 0.4) is 0 Å². The summed E-state index contributed by atoms with van der Waals surface area (Å²) in [6, 6.07) is 5.95. The van der Waals surface area contributed by atoms with Gasteiger partial charge < -0.3 is 0 Å². The van der Waals surface area contributed by atoms with E-state index in [1.165, 1.54) is 60.7 Å². The van der Waals surface area contributed by atoms with Crippen LogP contribution in [0, 0.1) is 0 Å². The zero-order valence-corrected chi connectivity index (χ0v) is 19.0. The lowest BCUT2D eigenvalue weighted by atomic mass is 9.94. The molecule has 1 heterocycles. The maximum atomic E-state index is 13.0. The molecule has 1 aromatic rings. The van der Waals surface area contributed by atoms with Crippen molar-refractivity contribution >= 4 is 20.0 Å². The summed E-state index contributed by atoms with van der Waals surface area (Å²) in [4.78, 5) is 2.66. The number of hydrogen-bond donors (Lipinski definition) is 1. The summed E-state index contributed by atoms with van der Waals surface area (Å²) < 4.78 is 54.9. The number of nitrogens with zero attached hydrogens (tertiary/aromatic N) is 2. The van der Waals surface area contributed by atoms with Crippen LogP contribution in [0.2, 0.25) is 0 Å². The van der Waals surface area contributed by atoms with E-state index in [0.29, 0.717) is 25.6 Å². The van der Waals surface area contributed by atoms with E-state index in [-0.39, 0.29) is 15.8 Å². The molecule has 0 unspecified atom stereocenters. The number of nitrogens with one attached hydrogen (secondary N) is 1. The second-order valence-electron chi connectivity index (χ2n) is 8.13. The molecule has 1 saturated heterocycles. The molecule has 3 rings (SSSR count). The lowest BCUT2D eigenvalue weighted by Crippen LogP contribution is -2.52. The summed E-state index contributed by atoms with van der Waals surface area (Å²) in [5, 5.41) is 0. The molecule has 2 fully saturated rings. The maximum absolute atomic E-state index is 13.0. The summed E-state index contributed by atoms with van der Waals surface area (Å²) in [7, 11) is -7.26. The summed E-state index contributed by atoms with van der Waals surface area (Å²) >= 11 is 0. The van der Waals surface area contributed by atoms with Crippen LogP contribution in [-0.2, 0) is 20.0 Å². The van der Waals surface area contributed by atoms with Crippen molar-refractivity contribution in [3.05, 3.63) is 24.3 Å². The lowest BCUT2D eigenvalue weighted by molar-refractivity contribution is 0.111. The zero-order valence-electron chi connectivity index (χ0n) is 17.4. The Labute approximate surface area is 175 Å². The van der Waals surface area contributed by atoms with Gasteiger partial charge in [-0.25, -0.2) is 21.6 Å². The highest BCUT2D eigenvalue weighted by molar-refractivity contribution is 7.89. The predicted octanol–water partition coefficient (Wildman–Crippen LogP) is 2.40. The van der Waals surface area contributed by atoms with Crippen LogP contribution < -0.4 is 4.72 Å². The molecule has 1 aromatic carbocycles. The van der Waals surface area contributed by atoms with Crippen LogP contribution in [0.5, 0.6) is 0 Å². The number of sulfonamides is 2. The second kappa shape index (κ2) is 9.43. The van der Waals surface area contributed by atoms with Crippen LogP contribution in [0.15, 0.2) is 34.1 Å². The van der Waals surface area contributed by atoms with E-state index in [0.717, 1.165) is 13.1 Å². The second-order valence-corrected chi connectivity index (χ2v) is 11.8. The van der Waals surface area contributed by atoms with Crippen LogP contribution in [0.1, 0.15) is 52.4 Å². The van der Waals surface area contributed by atoms with E-state index in [4.69, 9.17) is 0 Å². The van der Waals surface area contributed by atoms with Crippen LogP contribution in [-0.4, -0.2) is 64.3 Å². The molecule has 1 saturated carbocycles. The molecule has 1 N–H and O–H groups in total. The number of piperazine rings is 1. The fourth-order valence-corrected chi connectivity index (χ4v) is 6.86. The lowest BCUT2D eigenvalue weighted by Gasteiger charge is -2.40. The molecule has 1 aliphatic heterocycles. The Morgan fingerprint density at radius 2 is 1.48 bits per heavy atom. The molecule has 9 heteroatoms. The molecule has 0 radical (unpaired) electrons. The highest BCUT2D eigenvalue weighted by Crippen LogP contribution is 2.25. The van der Waals surface area contributed by atoms with Gasteiger partial charge >= 0.3 is 0 Å². The minimum Gasteiger partial charge on any atom is -0.298 e.